The molecule has 1 heterocycles. The minimum absolute atomic E-state index is 0.154. The standard InChI is InChI=1S/C20H18F4N2O2S2/c21-13-6-8-14(9-7-13)29-11-3-10-25-17(27)12-19(28,20(22,23)24)18-26-15-4-1-2-5-16(15)30-18/h1-2,4-9,28H,3,10-12H2,(H,25,27)/t19-/m0/s1. The van der Waals surface area contributed by atoms with Crippen molar-refractivity contribution in [2.45, 2.75) is 29.5 Å². The highest BCUT2D eigenvalue weighted by atomic mass is 32.2. The largest absolute Gasteiger partial charge is 0.424 e. The van der Waals surface area contributed by atoms with Gasteiger partial charge in [0, 0.05) is 11.4 Å². The fraction of sp³-hybridized carbons (Fsp3) is 0.300. The lowest BCUT2D eigenvalue weighted by atomic mass is 9.99. The SMILES string of the molecule is O=C(C[C@](O)(c1nc2ccccc2s1)C(F)(F)F)NCCCSc1ccc(F)cc1. The van der Waals surface area contributed by atoms with Crippen LogP contribution in [0.4, 0.5) is 17.6 Å². The maximum Gasteiger partial charge on any atom is 0.424 e. The molecule has 0 bridgehead atoms. The van der Waals surface area contributed by atoms with Gasteiger partial charge >= 0.3 is 6.18 Å². The third-order valence-corrected chi connectivity index (χ3v) is 6.54. The highest BCUT2D eigenvalue weighted by Gasteiger charge is 2.58. The van der Waals surface area contributed by atoms with E-state index in [1.165, 1.54) is 23.9 Å². The van der Waals surface area contributed by atoms with E-state index >= 15 is 0 Å². The van der Waals surface area contributed by atoms with Crippen LogP contribution in [0.25, 0.3) is 10.2 Å². The summed E-state index contributed by atoms with van der Waals surface area (Å²) in [4.78, 5) is 16.9. The molecule has 0 radical (unpaired) electrons. The second-order valence-corrected chi connectivity index (χ2v) is 8.73. The van der Waals surface area contributed by atoms with Gasteiger partial charge in [0.15, 0.2) is 0 Å². The normalized spacial score (nSPS) is 13.9. The molecule has 0 aliphatic rings. The van der Waals surface area contributed by atoms with E-state index in [-0.39, 0.29) is 12.4 Å². The van der Waals surface area contributed by atoms with Gasteiger partial charge in [-0.05, 0) is 48.6 Å². The monoisotopic (exact) mass is 458 g/mol. The van der Waals surface area contributed by atoms with E-state index in [0.717, 1.165) is 4.90 Å². The average Bonchev–Trinajstić information content (AvgIpc) is 3.13. The van der Waals surface area contributed by atoms with Crippen LogP contribution in [0.1, 0.15) is 17.8 Å². The average molecular weight is 459 g/mol. The van der Waals surface area contributed by atoms with Crippen molar-refractivity contribution in [1.29, 1.82) is 0 Å². The zero-order chi connectivity index (χ0) is 21.8. The summed E-state index contributed by atoms with van der Waals surface area (Å²) in [6.07, 6.45) is -5.72. The first-order valence-electron chi connectivity index (χ1n) is 8.99. The molecule has 0 aliphatic carbocycles. The van der Waals surface area contributed by atoms with Crippen LogP contribution in [0, 0.1) is 5.82 Å². The van der Waals surface area contributed by atoms with E-state index in [9.17, 15) is 27.5 Å². The smallest absolute Gasteiger partial charge is 0.374 e. The van der Waals surface area contributed by atoms with Crippen molar-refractivity contribution in [1.82, 2.24) is 10.3 Å². The van der Waals surface area contributed by atoms with Gasteiger partial charge in [-0.25, -0.2) is 9.37 Å². The highest BCUT2D eigenvalue weighted by Crippen LogP contribution is 2.44. The maximum atomic E-state index is 13.6. The third-order valence-electron chi connectivity index (χ3n) is 4.26. The Balaban J connectivity index is 1.57. The number of halogens is 4. The molecule has 0 unspecified atom stereocenters. The summed E-state index contributed by atoms with van der Waals surface area (Å²) < 4.78 is 54.3. The van der Waals surface area contributed by atoms with Gasteiger partial charge in [-0.15, -0.1) is 23.1 Å². The van der Waals surface area contributed by atoms with E-state index in [1.807, 2.05) is 0 Å². The van der Waals surface area contributed by atoms with Crippen LogP contribution in [0.2, 0.25) is 0 Å². The van der Waals surface area contributed by atoms with E-state index in [1.54, 1.807) is 36.4 Å². The molecular weight excluding hydrogens is 440 g/mol. The zero-order valence-corrected chi connectivity index (χ0v) is 17.2. The molecule has 0 fully saturated rings. The molecule has 2 aromatic carbocycles. The topological polar surface area (TPSA) is 62.2 Å². The predicted molar refractivity (Wildman–Crippen MR) is 109 cm³/mol. The number of carbonyl (C=O) groups excluding carboxylic acids is 1. The number of thioether (sulfide) groups is 1. The number of aliphatic hydroxyl groups is 1. The summed E-state index contributed by atoms with van der Waals surface area (Å²) in [6, 6.07) is 12.4. The summed E-state index contributed by atoms with van der Waals surface area (Å²) in [5, 5.41) is 12.2. The number of thiazole rings is 1. The second kappa shape index (κ2) is 9.32. The molecule has 0 spiro atoms. The summed E-state index contributed by atoms with van der Waals surface area (Å²) in [6.45, 7) is 0.154. The van der Waals surface area contributed by atoms with E-state index in [0.29, 0.717) is 33.7 Å². The Morgan fingerprint density at radius 1 is 1.13 bits per heavy atom. The molecule has 160 valence electrons. The Morgan fingerprint density at radius 2 is 1.83 bits per heavy atom. The van der Waals surface area contributed by atoms with Gasteiger partial charge in [0.25, 0.3) is 0 Å². The minimum atomic E-state index is -5.06. The fourth-order valence-electron chi connectivity index (χ4n) is 2.66. The highest BCUT2D eigenvalue weighted by molar-refractivity contribution is 7.99. The molecule has 1 atom stereocenters. The van der Waals surface area contributed by atoms with Crippen molar-refractivity contribution in [3.8, 4) is 0 Å². The zero-order valence-electron chi connectivity index (χ0n) is 15.6. The summed E-state index contributed by atoms with van der Waals surface area (Å²) >= 11 is 2.15. The molecule has 1 aromatic heterocycles. The predicted octanol–water partition coefficient (Wildman–Crippen LogP) is 4.87. The summed E-state index contributed by atoms with van der Waals surface area (Å²) in [5.41, 5.74) is -3.03. The van der Waals surface area contributed by atoms with Crippen molar-refractivity contribution in [3.63, 3.8) is 0 Å². The first-order valence-corrected chi connectivity index (χ1v) is 10.8. The number of carbonyl (C=O) groups is 1. The van der Waals surface area contributed by atoms with E-state index in [4.69, 9.17) is 0 Å². The Kier molecular flexibility index (Phi) is 6.99. The van der Waals surface area contributed by atoms with Gasteiger partial charge in [-0.2, -0.15) is 13.2 Å². The molecule has 1 amide bonds. The number of hydrogen-bond acceptors (Lipinski definition) is 5. The van der Waals surface area contributed by atoms with Crippen molar-refractivity contribution in [2.75, 3.05) is 12.3 Å². The Hall–Kier alpha value is -2.17. The summed E-state index contributed by atoms with van der Waals surface area (Å²) in [7, 11) is 0. The number of fused-ring (bicyclic) bond motifs is 1. The number of benzene rings is 2. The lowest BCUT2D eigenvalue weighted by Gasteiger charge is -2.27. The Morgan fingerprint density at radius 3 is 2.50 bits per heavy atom. The number of amides is 1. The molecule has 10 heteroatoms. The molecule has 4 nitrogen and oxygen atoms in total. The van der Waals surface area contributed by atoms with Crippen molar-refractivity contribution in [2.24, 2.45) is 0 Å². The number of rotatable bonds is 8. The number of nitrogens with one attached hydrogen (secondary N) is 1. The van der Waals surface area contributed by atoms with E-state index < -0.39 is 29.1 Å². The van der Waals surface area contributed by atoms with Crippen LogP contribution >= 0.6 is 23.1 Å². The van der Waals surface area contributed by atoms with Crippen LogP contribution < -0.4 is 5.32 Å². The molecule has 2 N–H and O–H groups in total. The Bertz CT molecular complexity index is 975. The number of hydrogen-bond donors (Lipinski definition) is 2. The molecule has 0 saturated heterocycles. The molecular formula is C20H18F4N2O2S2. The van der Waals surface area contributed by atoms with Gasteiger partial charge in [0.1, 0.15) is 10.8 Å². The fourth-order valence-corrected chi connectivity index (χ4v) is 4.59. The molecule has 3 rings (SSSR count). The van der Waals surface area contributed by atoms with Gasteiger partial charge < -0.3 is 10.4 Å². The van der Waals surface area contributed by atoms with Gasteiger partial charge in [-0.1, -0.05) is 12.1 Å². The van der Waals surface area contributed by atoms with Gasteiger partial charge in [0.05, 0.1) is 16.6 Å². The van der Waals surface area contributed by atoms with Crippen LogP contribution in [0.15, 0.2) is 53.4 Å². The van der Waals surface area contributed by atoms with E-state index in [2.05, 4.69) is 10.3 Å². The molecule has 30 heavy (non-hydrogen) atoms. The molecule has 0 saturated carbocycles. The van der Waals surface area contributed by atoms with Crippen molar-refractivity contribution in [3.05, 3.63) is 59.4 Å². The van der Waals surface area contributed by atoms with Gasteiger partial charge in [0.2, 0.25) is 11.5 Å². The summed E-state index contributed by atoms with van der Waals surface area (Å²) in [5.74, 6) is -0.661. The van der Waals surface area contributed by atoms with Crippen LogP contribution in [-0.4, -0.2) is 34.5 Å². The molecule has 3 aromatic rings. The maximum absolute atomic E-state index is 13.6. The van der Waals surface area contributed by atoms with Crippen LogP contribution in [0.3, 0.4) is 0 Å². The quantitative estimate of drug-likeness (QED) is 0.287. The minimum Gasteiger partial charge on any atom is -0.374 e. The lowest BCUT2D eigenvalue weighted by molar-refractivity contribution is -0.267. The second-order valence-electron chi connectivity index (χ2n) is 6.53. The number of para-hydroxylation sites is 1. The molecule has 0 aliphatic heterocycles. The van der Waals surface area contributed by atoms with Crippen molar-refractivity contribution < 1.29 is 27.5 Å². The van der Waals surface area contributed by atoms with Crippen LogP contribution in [0.5, 0.6) is 0 Å². The first-order chi connectivity index (χ1) is 14.2. The third kappa shape index (κ3) is 5.30. The Labute approximate surface area is 178 Å². The van der Waals surface area contributed by atoms with Gasteiger partial charge in [-0.3, -0.25) is 4.79 Å². The lowest BCUT2D eigenvalue weighted by Crippen LogP contribution is -2.46. The van der Waals surface area contributed by atoms with Crippen molar-refractivity contribution >= 4 is 39.2 Å². The first kappa shape index (κ1) is 22.5. The van der Waals surface area contributed by atoms with Crippen LogP contribution in [-0.2, 0) is 10.4 Å². The number of aromatic nitrogens is 1. The number of alkyl halides is 3. The number of nitrogens with zero attached hydrogens (tertiary/aromatic N) is 1.